The van der Waals surface area contributed by atoms with Crippen molar-refractivity contribution in [1.82, 2.24) is 0 Å². The summed E-state index contributed by atoms with van der Waals surface area (Å²) in [6, 6.07) is 4.17. The summed E-state index contributed by atoms with van der Waals surface area (Å²) in [6.07, 6.45) is 0. The number of nitrogens with two attached hydrogens (primary N) is 1. The van der Waals surface area contributed by atoms with E-state index in [0.717, 1.165) is 0 Å². The van der Waals surface area contributed by atoms with Crippen molar-refractivity contribution in [3.63, 3.8) is 0 Å². The maximum Gasteiger partial charge on any atom is 0.296 e. The molecule has 0 aliphatic rings. The van der Waals surface area contributed by atoms with Crippen LogP contribution in [0.3, 0.4) is 0 Å². The van der Waals surface area contributed by atoms with Crippen LogP contribution in [0.1, 0.15) is 12.5 Å². The molecule has 0 unspecified atom stereocenters. The van der Waals surface area contributed by atoms with Gasteiger partial charge in [0, 0.05) is 13.5 Å². The van der Waals surface area contributed by atoms with E-state index in [9.17, 15) is 13.2 Å². The van der Waals surface area contributed by atoms with Gasteiger partial charge in [-0.05, 0) is 17.7 Å². The van der Waals surface area contributed by atoms with E-state index >= 15 is 0 Å². The minimum absolute atomic E-state index is 0.0344. The van der Waals surface area contributed by atoms with Crippen LogP contribution >= 0.6 is 0 Å². The molecule has 0 aromatic heterocycles. The second kappa shape index (κ2) is 4.60. The van der Waals surface area contributed by atoms with Gasteiger partial charge in [0.15, 0.2) is 0 Å². The normalized spacial score (nSPS) is 11.2. The smallest absolute Gasteiger partial charge is 0.296 e. The van der Waals surface area contributed by atoms with Gasteiger partial charge in [0.1, 0.15) is 4.90 Å². The molecule has 0 aliphatic carbocycles. The van der Waals surface area contributed by atoms with Gasteiger partial charge in [-0.1, -0.05) is 6.07 Å². The largest absolute Gasteiger partial charge is 0.326 e. The van der Waals surface area contributed by atoms with Crippen LogP contribution in [0, 0.1) is 0 Å². The van der Waals surface area contributed by atoms with Crippen molar-refractivity contribution in [2.45, 2.75) is 18.4 Å². The third kappa shape index (κ3) is 3.02. The molecule has 0 atom stereocenters. The van der Waals surface area contributed by atoms with E-state index in [1.807, 2.05) is 0 Å². The molecule has 0 saturated carbocycles. The Hall–Kier alpha value is -1.44. The first kappa shape index (κ1) is 12.6. The summed E-state index contributed by atoms with van der Waals surface area (Å²) in [7, 11) is -4.38. The monoisotopic (exact) mass is 244 g/mol. The number of benzene rings is 1. The predicted octanol–water partition coefficient (Wildman–Crippen LogP) is 0.350. The van der Waals surface area contributed by atoms with Crippen molar-refractivity contribution in [2.24, 2.45) is 5.73 Å². The SMILES string of the molecule is CC(=O)Nc1ccc(CN)cc1S(=O)(=O)O. The maximum absolute atomic E-state index is 11.1. The molecule has 0 fully saturated rings. The van der Waals surface area contributed by atoms with Gasteiger partial charge in [0.05, 0.1) is 5.69 Å². The van der Waals surface area contributed by atoms with Crippen molar-refractivity contribution in [2.75, 3.05) is 5.32 Å². The Morgan fingerprint density at radius 3 is 2.56 bits per heavy atom. The number of amides is 1. The van der Waals surface area contributed by atoms with E-state index in [1.54, 1.807) is 6.07 Å². The molecule has 4 N–H and O–H groups in total. The highest BCUT2D eigenvalue weighted by molar-refractivity contribution is 7.86. The summed E-state index contributed by atoms with van der Waals surface area (Å²) in [5.41, 5.74) is 5.93. The van der Waals surface area contributed by atoms with Crippen LogP contribution in [0.15, 0.2) is 23.1 Å². The Kier molecular flexibility index (Phi) is 3.63. The third-order valence-corrected chi connectivity index (χ3v) is 2.76. The van der Waals surface area contributed by atoms with E-state index < -0.39 is 16.0 Å². The standard InChI is InChI=1S/C9H12N2O4S/c1-6(12)11-8-3-2-7(5-10)4-9(8)16(13,14)15/h2-4H,5,10H2,1H3,(H,11,12)(H,13,14,15). The Balaban J connectivity index is 3.33. The van der Waals surface area contributed by atoms with Crippen molar-refractivity contribution >= 4 is 21.7 Å². The highest BCUT2D eigenvalue weighted by Crippen LogP contribution is 2.22. The molecule has 1 amide bonds. The maximum atomic E-state index is 11.1. The Morgan fingerprint density at radius 2 is 2.12 bits per heavy atom. The molecule has 88 valence electrons. The fraction of sp³-hybridized carbons (Fsp3) is 0.222. The van der Waals surface area contributed by atoms with Gasteiger partial charge < -0.3 is 11.1 Å². The highest BCUT2D eigenvalue weighted by Gasteiger charge is 2.16. The predicted molar refractivity (Wildman–Crippen MR) is 58.5 cm³/mol. The quantitative estimate of drug-likeness (QED) is 0.664. The van der Waals surface area contributed by atoms with E-state index in [2.05, 4.69) is 5.32 Å². The second-order valence-electron chi connectivity index (χ2n) is 3.19. The molecular weight excluding hydrogens is 232 g/mol. The lowest BCUT2D eigenvalue weighted by molar-refractivity contribution is -0.114. The van der Waals surface area contributed by atoms with Gasteiger partial charge in [-0.3, -0.25) is 9.35 Å². The molecule has 0 radical (unpaired) electrons. The first-order valence-electron chi connectivity index (χ1n) is 4.42. The zero-order chi connectivity index (χ0) is 12.3. The molecule has 0 bridgehead atoms. The lowest BCUT2D eigenvalue weighted by atomic mass is 10.2. The summed E-state index contributed by atoms with van der Waals surface area (Å²) >= 11 is 0. The molecule has 1 aromatic rings. The highest BCUT2D eigenvalue weighted by atomic mass is 32.2. The van der Waals surface area contributed by atoms with Gasteiger partial charge in [-0.15, -0.1) is 0 Å². The summed E-state index contributed by atoms with van der Waals surface area (Å²) in [5.74, 6) is -0.426. The van der Waals surface area contributed by atoms with Crippen molar-refractivity contribution < 1.29 is 17.8 Å². The first-order chi connectivity index (χ1) is 7.34. The molecule has 16 heavy (non-hydrogen) atoms. The van der Waals surface area contributed by atoms with Gasteiger partial charge in [-0.25, -0.2) is 0 Å². The summed E-state index contributed by atoms with van der Waals surface area (Å²) in [6.45, 7) is 1.38. The number of hydrogen-bond donors (Lipinski definition) is 3. The molecule has 1 aromatic carbocycles. The van der Waals surface area contributed by atoms with Gasteiger partial charge >= 0.3 is 0 Å². The zero-order valence-electron chi connectivity index (χ0n) is 8.60. The molecule has 6 nitrogen and oxygen atoms in total. The number of carbonyl (C=O) groups is 1. The summed E-state index contributed by atoms with van der Waals surface area (Å²) in [5, 5.41) is 2.31. The van der Waals surface area contributed by atoms with Crippen LogP contribution in [-0.4, -0.2) is 18.9 Å². The topological polar surface area (TPSA) is 109 Å². The van der Waals surface area contributed by atoms with Gasteiger partial charge in [0.25, 0.3) is 10.1 Å². The average molecular weight is 244 g/mol. The summed E-state index contributed by atoms with van der Waals surface area (Å²) in [4.78, 5) is 10.5. The minimum Gasteiger partial charge on any atom is -0.326 e. The lowest BCUT2D eigenvalue weighted by Gasteiger charge is -2.08. The van der Waals surface area contributed by atoms with E-state index in [1.165, 1.54) is 19.1 Å². The van der Waals surface area contributed by atoms with Crippen LogP contribution in [0.2, 0.25) is 0 Å². The number of anilines is 1. The van der Waals surface area contributed by atoms with E-state index in [0.29, 0.717) is 5.56 Å². The van der Waals surface area contributed by atoms with Crippen LogP contribution in [0.25, 0.3) is 0 Å². The van der Waals surface area contributed by atoms with E-state index in [4.69, 9.17) is 10.3 Å². The van der Waals surface area contributed by atoms with Crippen molar-refractivity contribution in [3.8, 4) is 0 Å². The van der Waals surface area contributed by atoms with Gasteiger partial charge in [-0.2, -0.15) is 8.42 Å². The van der Waals surface area contributed by atoms with Gasteiger partial charge in [0.2, 0.25) is 5.91 Å². The van der Waals surface area contributed by atoms with Crippen LogP contribution < -0.4 is 11.1 Å². The Morgan fingerprint density at radius 1 is 1.50 bits per heavy atom. The first-order valence-corrected chi connectivity index (χ1v) is 5.86. The molecular formula is C9H12N2O4S. The number of hydrogen-bond acceptors (Lipinski definition) is 4. The van der Waals surface area contributed by atoms with Crippen LogP contribution in [0.4, 0.5) is 5.69 Å². The Labute approximate surface area is 93.2 Å². The minimum atomic E-state index is -4.38. The number of rotatable bonds is 3. The number of nitrogens with one attached hydrogen (secondary N) is 1. The zero-order valence-corrected chi connectivity index (χ0v) is 9.41. The second-order valence-corrected chi connectivity index (χ2v) is 4.58. The molecule has 1 rings (SSSR count). The third-order valence-electron chi connectivity index (χ3n) is 1.87. The summed E-state index contributed by atoms with van der Waals surface area (Å²) < 4.78 is 31.1. The lowest BCUT2D eigenvalue weighted by Crippen LogP contribution is -2.11. The average Bonchev–Trinajstić information content (AvgIpc) is 2.15. The van der Waals surface area contributed by atoms with Crippen molar-refractivity contribution in [3.05, 3.63) is 23.8 Å². The molecule has 7 heteroatoms. The fourth-order valence-corrected chi connectivity index (χ4v) is 1.90. The van der Waals surface area contributed by atoms with E-state index in [-0.39, 0.29) is 17.1 Å². The fourth-order valence-electron chi connectivity index (χ4n) is 1.20. The molecule has 0 aliphatic heterocycles. The van der Waals surface area contributed by atoms with Crippen LogP contribution in [-0.2, 0) is 21.5 Å². The van der Waals surface area contributed by atoms with Crippen molar-refractivity contribution in [1.29, 1.82) is 0 Å². The molecule has 0 saturated heterocycles. The van der Waals surface area contributed by atoms with Crippen LogP contribution in [0.5, 0.6) is 0 Å². The molecule has 0 spiro atoms. The molecule has 0 heterocycles. The number of carbonyl (C=O) groups excluding carboxylic acids is 1. The Bertz CT molecular complexity index is 510.